The summed E-state index contributed by atoms with van der Waals surface area (Å²) in [5, 5.41) is 0. The Morgan fingerprint density at radius 1 is 1.62 bits per heavy atom. The first-order valence-corrected chi connectivity index (χ1v) is 4.31. The Balaban J connectivity index is 2.78. The SMILES string of the molecule is CCCN=C(NN)c1ccccn1. The zero-order valence-electron chi connectivity index (χ0n) is 7.70. The number of aliphatic imine (C=N–C) groups is 1. The molecule has 0 aromatic carbocycles. The summed E-state index contributed by atoms with van der Waals surface area (Å²) in [5.74, 6) is 5.97. The number of amidine groups is 1. The highest BCUT2D eigenvalue weighted by molar-refractivity contribution is 5.96. The fourth-order valence-electron chi connectivity index (χ4n) is 0.927. The van der Waals surface area contributed by atoms with Crippen LogP contribution >= 0.6 is 0 Å². The second-order valence-corrected chi connectivity index (χ2v) is 2.59. The number of hydrogen-bond donors (Lipinski definition) is 2. The number of rotatable bonds is 3. The second-order valence-electron chi connectivity index (χ2n) is 2.59. The molecule has 0 saturated heterocycles. The zero-order valence-corrected chi connectivity index (χ0v) is 7.70. The van der Waals surface area contributed by atoms with E-state index in [1.54, 1.807) is 6.20 Å². The van der Waals surface area contributed by atoms with Crippen molar-refractivity contribution in [3.8, 4) is 0 Å². The minimum Gasteiger partial charge on any atom is -0.307 e. The summed E-state index contributed by atoms with van der Waals surface area (Å²) < 4.78 is 0. The van der Waals surface area contributed by atoms with E-state index in [4.69, 9.17) is 5.84 Å². The Morgan fingerprint density at radius 3 is 3.00 bits per heavy atom. The quantitative estimate of drug-likeness (QED) is 0.310. The minimum absolute atomic E-state index is 0.641. The molecule has 13 heavy (non-hydrogen) atoms. The van der Waals surface area contributed by atoms with Crippen LogP contribution in [0.15, 0.2) is 29.4 Å². The Bertz CT molecular complexity index is 268. The van der Waals surface area contributed by atoms with Crippen LogP contribution in [0.4, 0.5) is 0 Å². The standard InChI is InChI=1S/C9H14N4/c1-2-6-12-9(13-10)8-5-3-4-7-11-8/h3-5,7H,2,6,10H2,1H3,(H,12,13). The molecule has 0 amide bonds. The number of aromatic nitrogens is 1. The third kappa shape index (κ3) is 2.83. The molecule has 0 aliphatic heterocycles. The average molecular weight is 178 g/mol. The van der Waals surface area contributed by atoms with E-state index in [-0.39, 0.29) is 0 Å². The molecule has 1 rings (SSSR count). The molecule has 0 atom stereocenters. The summed E-state index contributed by atoms with van der Waals surface area (Å²) in [6.45, 7) is 2.83. The molecule has 0 aliphatic carbocycles. The maximum Gasteiger partial charge on any atom is 0.161 e. The average Bonchev–Trinajstić information content (AvgIpc) is 2.21. The molecule has 0 unspecified atom stereocenters. The molecule has 4 heteroatoms. The van der Waals surface area contributed by atoms with Crippen molar-refractivity contribution in [1.29, 1.82) is 0 Å². The fraction of sp³-hybridized carbons (Fsp3) is 0.333. The molecular formula is C9H14N4. The molecule has 0 saturated carbocycles. The Morgan fingerprint density at radius 2 is 2.46 bits per heavy atom. The molecular weight excluding hydrogens is 164 g/mol. The summed E-state index contributed by atoms with van der Waals surface area (Å²) in [6, 6.07) is 5.63. The molecule has 0 radical (unpaired) electrons. The van der Waals surface area contributed by atoms with E-state index < -0.39 is 0 Å². The molecule has 0 aliphatic rings. The predicted octanol–water partition coefficient (Wildman–Crippen LogP) is 0.702. The first kappa shape index (κ1) is 9.67. The smallest absolute Gasteiger partial charge is 0.161 e. The molecule has 1 aromatic rings. The van der Waals surface area contributed by atoms with E-state index in [1.165, 1.54) is 0 Å². The van der Waals surface area contributed by atoms with Crippen molar-refractivity contribution in [3.05, 3.63) is 30.1 Å². The third-order valence-electron chi connectivity index (χ3n) is 1.54. The molecule has 0 fully saturated rings. The largest absolute Gasteiger partial charge is 0.307 e. The minimum atomic E-state index is 0.641. The van der Waals surface area contributed by atoms with Crippen molar-refractivity contribution in [2.45, 2.75) is 13.3 Å². The Labute approximate surface area is 77.9 Å². The number of pyridine rings is 1. The van der Waals surface area contributed by atoms with E-state index in [2.05, 4.69) is 22.3 Å². The van der Waals surface area contributed by atoms with Crippen LogP contribution in [0, 0.1) is 0 Å². The van der Waals surface area contributed by atoms with Gasteiger partial charge < -0.3 is 5.43 Å². The lowest BCUT2D eigenvalue weighted by atomic mass is 10.3. The molecule has 4 nitrogen and oxygen atoms in total. The van der Waals surface area contributed by atoms with E-state index in [9.17, 15) is 0 Å². The van der Waals surface area contributed by atoms with Gasteiger partial charge in [-0.05, 0) is 18.6 Å². The van der Waals surface area contributed by atoms with E-state index in [1.807, 2.05) is 18.2 Å². The van der Waals surface area contributed by atoms with Gasteiger partial charge in [-0.2, -0.15) is 0 Å². The lowest BCUT2D eigenvalue weighted by Gasteiger charge is -2.03. The highest BCUT2D eigenvalue weighted by atomic mass is 15.3. The van der Waals surface area contributed by atoms with Gasteiger partial charge in [0.25, 0.3) is 0 Å². The zero-order chi connectivity index (χ0) is 9.52. The van der Waals surface area contributed by atoms with Crippen LogP contribution in [0.5, 0.6) is 0 Å². The van der Waals surface area contributed by atoms with Crippen molar-refractivity contribution in [2.24, 2.45) is 10.8 Å². The maximum atomic E-state index is 5.32. The highest BCUT2D eigenvalue weighted by Crippen LogP contribution is 1.94. The van der Waals surface area contributed by atoms with Crippen LogP contribution in [-0.4, -0.2) is 17.4 Å². The molecule has 1 heterocycles. The number of nitrogens with one attached hydrogen (secondary N) is 1. The van der Waals surface area contributed by atoms with Gasteiger partial charge >= 0.3 is 0 Å². The Hall–Kier alpha value is -1.42. The van der Waals surface area contributed by atoms with E-state index in [0.29, 0.717) is 5.84 Å². The predicted molar refractivity (Wildman–Crippen MR) is 53.3 cm³/mol. The summed E-state index contributed by atoms with van der Waals surface area (Å²) in [5.41, 5.74) is 3.32. The van der Waals surface area contributed by atoms with Gasteiger partial charge in [0.05, 0.1) is 0 Å². The first-order chi connectivity index (χ1) is 6.38. The van der Waals surface area contributed by atoms with Crippen molar-refractivity contribution < 1.29 is 0 Å². The van der Waals surface area contributed by atoms with Gasteiger partial charge in [-0.25, -0.2) is 5.84 Å². The summed E-state index contributed by atoms with van der Waals surface area (Å²) >= 11 is 0. The van der Waals surface area contributed by atoms with Crippen LogP contribution in [0.25, 0.3) is 0 Å². The first-order valence-electron chi connectivity index (χ1n) is 4.31. The topological polar surface area (TPSA) is 63.3 Å². The third-order valence-corrected chi connectivity index (χ3v) is 1.54. The number of nitrogens with zero attached hydrogens (tertiary/aromatic N) is 2. The van der Waals surface area contributed by atoms with Crippen LogP contribution in [0.1, 0.15) is 19.0 Å². The lowest BCUT2D eigenvalue weighted by Crippen LogP contribution is -2.32. The van der Waals surface area contributed by atoms with Gasteiger partial charge in [0, 0.05) is 12.7 Å². The van der Waals surface area contributed by atoms with Crippen LogP contribution in [0.3, 0.4) is 0 Å². The number of hydrogen-bond acceptors (Lipinski definition) is 3. The molecule has 0 bridgehead atoms. The van der Waals surface area contributed by atoms with Crippen molar-refractivity contribution >= 4 is 5.84 Å². The lowest BCUT2D eigenvalue weighted by molar-refractivity contribution is 0.904. The van der Waals surface area contributed by atoms with Gasteiger partial charge in [-0.1, -0.05) is 13.0 Å². The van der Waals surface area contributed by atoms with Crippen LogP contribution in [0.2, 0.25) is 0 Å². The second kappa shape index (κ2) is 5.27. The number of nitrogens with two attached hydrogens (primary N) is 1. The van der Waals surface area contributed by atoms with Crippen molar-refractivity contribution in [1.82, 2.24) is 10.4 Å². The van der Waals surface area contributed by atoms with Gasteiger partial charge in [0.2, 0.25) is 0 Å². The van der Waals surface area contributed by atoms with E-state index in [0.717, 1.165) is 18.7 Å². The number of hydrazine groups is 1. The molecule has 70 valence electrons. The van der Waals surface area contributed by atoms with Crippen molar-refractivity contribution in [3.63, 3.8) is 0 Å². The summed E-state index contributed by atoms with van der Waals surface area (Å²) in [4.78, 5) is 8.38. The molecule has 1 aromatic heterocycles. The molecule has 3 N–H and O–H groups in total. The maximum absolute atomic E-state index is 5.32. The van der Waals surface area contributed by atoms with Gasteiger partial charge in [-0.3, -0.25) is 9.98 Å². The van der Waals surface area contributed by atoms with Crippen LogP contribution in [-0.2, 0) is 0 Å². The normalized spacial score (nSPS) is 11.4. The van der Waals surface area contributed by atoms with Crippen molar-refractivity contribution in [2.75, 3.05) is 6.54 Å². The van der Waals surface area contributed by atoms with E-state index >= 15 is 0 Å². The highest BCUT2D eigenvalue weighted by Gasteiger charge is 1.99. The fourth-order valence-corrected chi connectivity index (χ4v) is 0.927. The molecule has 0 spiro atoms. The van der Waals surface area contributed by atoms with Gasteiger partial charge in [-0.15, -0.1) is 0 Å². The monoisotopic (exact) mass is 178 g/mol. The summed E-state index contributed by atoms with van der Waals surface area (Å²) in [7, 11) is 0. The Kier molecular flexibility index (Phi) is 3.92. The van der Waals surface area contributed by atoms with Gasteiger partial charge in [0.1, 0.15) is 5.69 Å². The van der Waals surface area contributed by atoms with Crippen LogP contribution < -0.4 is 11.3 Å². The van der Waals surface area contributed by atoms with Gasteiger partial charge in [0.15, 0.2) is 5.84 Å². The summed E-state index contributed by atoms with van der Waals surface area (Å²) in [6.07, 6.45) is 2.71.